The highest BCUT2D eigenvalue weighted by Crippen LogP contribution is 2.43. The average Bonchev–Trinajstić information content (AvgIpc) is 3.32. The second-order valence-corrected chi connectivity index (χ2v) is 19.9. The molecular weight excluding hydrogens is 879 g/mol. The molecule has 0 bridgehead atoms. The molecule has 0 radical (unpaired) electrons. The maximum absolute atomic E-state index is 14.7. The molecule has 2 aromatic carbocycles. The summed E-state index contributed by atoms with van der Waals surface area (Å²) in [7, 11) is 8.34. The number of likely N-dealkylation sites (N-methyl/N-ethyl adjacent to an activating group) is 1. The van der Waals surface area contributed by atoms with Crippen LogP contribution in [-0.4, -0.2) is 159 Å². The van der Waals surface area contributed by atoms with Gasteiger partial charge in [0.15, 0.2) is 24.8 Å². The first-order valence-electron chi connectivity index (χ1n) is 24.1. The number of aliphatic hydroxyl groups is 2. The van der Waals surface area contributed by atoms with E-state index < -0.39 is 120 Å². The average molecular weight is 958 g/mol. The Morgan fingerprint density at radius 2 is 1.28 bits per heavy atom. The molecule has 16 heteroatoms. The van der Waals surface area contributed by atoms with Gasteiger partial charge in [-0.25, -0.2) is 9.59 Å². The van der Waals surface area contributed by atoms with Crippen LogP contribution in [0.4, 0.5) is 0 Å². The molecule has 0 aromatic heterocycles. The Labute approximate surface area is 403 Å². The van der Waals surface area contributed by atoms with E-state index in [0.29, 0.717) is 24.0 Å². The standard InChI is InChI=1S/C52H79NO15/c1-15-38-44(59-12)41(55)31(4)40(54)29(2)27-51(8,60-13)45(68-50-43(37(53(10)11)26-30(3)62-50)66-48(57)35-22-18-16-19-23-35)32(5)42(33(6)47(56)64-38)65-39-28-52(9,61-14)46(34(7)63-39)67-49(58)36-24-20-17-21-25-36/h16-25,29-34,37-46,50,54-55H,15,26-28H2,1-14H3/t29-,30-,31+,32+,33-,34+,37+,38-,39?,40+,41-,42+,43-,44+,45-,46+,50?,51-,52-/m1/s1. The summed E-state index contributed by atoms with van der Waals surface area (Å²) in [5, 5.41) is 23.8. The highest BCUT2D eigenvalue weighted by Gasteiger charge is 2.54. The van der Waals surface area contributed by atoms with E-state index in [0.717, 1.165) is 0 Å². The molecule has 68 heavy (non-hydrogen) atoms. The van der Waals surface area contributed by atoms with Gasteiger partial charge in [-0.05, 0) is 98.2 Å². The fourth-order valence-electron chi connectivity index (χ4n) is 10.5. The van der Waals surface area contributed by atoms with Crippen LogP contribution in [-0.2, 0) is 52.2 Å². The second kappa shape index (κ2) is 24.0. The molecule has 3 fully saturated rings. The van der Waals surface area contributed by atoms with Crippen LogP contribution < -0.4 is 0 Å². The van der Waals surface area contributed by atoms with E-state index in [9.17, 15) is 24.6 Å². The summed E-state index contributed by atoms with van der Waals surface area (Å²) in [6.07, 6.45) is -10.2. The lowest BCUT2D eigenvalue weighted by molar-refractivity contribution is -0.319. The lowest BCUT2D eigenvalue weighted by Gasteiger charge is -2.50. The number of ether oxygens (including phenoxy) is 10. The first-order valence-corrected chi connectivity index (χ1v) is 24.1. The Kier molecular flexibility index (Phi) is 19.6. The van der Waals surface area contributed by atoms with Gasteiger partial charge >= 0.3 is 17.9 Å². The fourth-order valence-corrected chi connectivity index (χ4v) is 10.5. The summed E-state index contributed by atoms with van der Waals surface area (Å²) in [6, 6.07) is 17.0. The van der Waals surface area contributed by atoms with Crippen molar-refractivity contribution in [3.05, 3.63) is 71.8 Å². The van der Waals surface area contributed by atoms with E-state index in [1.165, 1.54) is 14.2 Å². The van der Waals surface area contributed by atoms with Crippen molar-refractivity contribution in [2.45, 2.75) is 179 Å². The lowest BCUT2D eigenvalue weighted by atomic mass is 9.74. The molecule has 19 atom stereocenters. The lowest BCUT2D eigenvalue weighted by Crippen LogP contribution is -2.62. The minimum atomic E-state index is -1.27. The van der Waals surface area contributed by atoms with Crippen LogP contribution in [0.25, 0.3) is 0 Å². The van der Waals surface area contributed by atoms with Crippen LogP contribution in [0.15, 0.2) is 60.7 Å². The Balaban J connectivity index is 1.62. The molecular formula is C52H79NO15. The normalized spacial score (nSPS) is 39.9. The van der Waals surface area contributed by atoms with Gasteiger partial charge in [-0.3, -0.25) is 4.79 Å². The van der Waals surface area contributed by atoms with Crippen LogP contribution in [0, 0.1) is 23.7 Å². The van der Waals surface area contributed by atoms with E-state index in [2.05, 4.69) is 0 Å². The third-order valence-electron chi connectivity index (χ3n) is 14.7. The number of cyclic esters (lactones) is 1. The number of carbonyl (C=O) groups excluding carboxylic acids is 3. The number of methoxy groups -OCH3 is 3. The summed E-state index contributed by atoms with van der Waals surface area (Å²) in [4.78, 5) is 43.9. The highest BCUT2D eigenvalue weighted by molar-refractivity contribution is 5.90. The van der Waals surface area contributed by atoms with Gasteiger partial charge in [-0.1, -0.05) is 64.1 Å². The van der Waals surface area contributed by atoms with Gasteiger partial charge in [0, 0.05) is 39.6 Å². The predicted octanol–water partition coefficient (Wildman–Crippen LogP) is 6.22. The number of nitrogens with zero attached hydrogens (tertiary/aromatic N) is 1. The van der Waals surface area contributed by atoms with Crippen molar-refractivity contribution >= 4 is 17.9 Å². The summed E-state index contributed by atoms with van der Waals surface area (Å²) < 4.78 is 64.5. The number of esters is 3. The highest BCUT2D eigenvalue weighted by atomic mass is 16.7. The van der Waals surface area contributed by atoms with E-state index in [1.54, 1.807) is 76.4 Å². The van der Waals surface area contributed by atoms with E-state index in [1.807, 2.05) is 72.7 Å². The van der Waals surface area contributed by atoms with E-state index in [4.69, 9.17) is 47.4 Å². The Morgan fingerprint density at radius 1 is 0.721 bits per heavy atom. The minimum absolute atomic E-state index is 0.0839. The molecule has 3 aliphatic rings. The molecule has 0 saturated carbocycles. The smallest absolute Gasteiger partial charge is 0.338 e. The number of hydrogen-bond donors (Lipinski definition) is 2. The molecule has 2 aromatic rings. The van der Waals surface area contributed by atoms with Crippen molar-refractivity contribution in [3.8, 4) is 0 Å². The van der Waals surface area contributed by atoms with Crippen molar-refractivity contribution in [2.75, 3.05) is 35.4 Å². The molecule has 5 rings (SSSR count). The van der Waals surface area contributed by atoms with Gasteiger partial charge in [0.1, 0.15) is 17.8 Å². The fraction of sp³-hybridized carbons (Fsp3) is 0.712. The number of benzene rings is 2. The zero-order valence-corrected chi connectivity index (χ0v) is 42.6. The summed E-state index contributed by atoms with van der Waals surface area (Å²) in [6.45, 7) is 16.4. The molecule has 2 unspecified atom stereocenters. The molecule has 2 N–H and O–H groups in total. The number of carbonyl (C=O) groups is 3. The summed E-state index contributed by atoms with van der Waals surface area (Å²) in [5.74, 6) is -4.74. The molecule has 16 nitrogen and oxygen atoms in total. The molecule has 3 heterocycles. The van der Waals surface area contributed by atoms with Crippen molar-refractivity contribution in [1.82, 2.24) is 4.90 Å². The largest absolute Gasteiger partial charge is 0.459 e. The number of aliphatic hydroxyl groups excluding tert-OH is 2. The van der Waals surface area contributed by atoms with Crippen molar-refractivity contribution in [2.24, 2.45) is 23.7 Å². The topological polar surface area (TPSA) is 187 Å². The third kappa shape index (κ3) is 12.7. The van der Waals surface area contributed by atoms with Gasteiger partial charge in [0.2, 0.25) is 0 Å². The maximum Gasteiger partial charge on any atom is 0.338 e. The number of rotatable bonds is 13. The van der Waals surface area contributed by atoms with E-state index in [-0.39, 0.29) is 25.0 Å². The van der Waals surface area contributed by atoms with Gasteiger partial charge in [-0.2, -0.15) is 0 Å². The summed E-state index contributed by atoms with van der Waals surface area (Å²) in [5.41, 5.74) is -1.65. The minimum Gasteiger partial charge on any atom is -0.459 e. The van der Waals surface area contributed by atoms with Crippen molar-refractivity contribution in [1.29, 1.82) is 0 Å². The van der Waals surface area contributed by atoms with Crippen LogP contribution in [0.5, 0.6) is 0 Å². The maximum atomic E-state index is 14.7. The van der Waals surface area contributed by atoms with Crippen molar-refractivity contribution < 1.29 is 72.0 Å². The van der Waals surface area contributed by atoms with Gasteiger partial charge in [0.05, 0.1) is 65.3 Å². The van der Waals surface area contributed by atoms with Gasteiger partial charge < -0.3 is 62.5 Å². The first kappa shape index (κ1) is 55.4. The van der Waals surface area contributed by atoms with Crippen LogP contribution in [0.2, 0.25) is 0 Å². The Hall–Kier alpha value is -3.55. The monoisotopic (exact) mass is 958 g/mol. The van der Waals surface area contributed by atoms with E-state index >= 15 is 0 Å². The number of hydrogen-bond acceptors (Lipinski definition) is 16. The summed E-state index contributed by atoms with van der Waals surface area (Å²) >= 11 is 0. The molecule has 3 aliphatic heterocycles. The predicted molar refractivity (Wildman–Crippen MR) is 251 cm³/mol. The van der Waals surface area contributed by atoms with Crippen LogP contribution >= 0.6 is 0 Å². The molecule has 382 valence electrons. The zero-order chi connectivity index (χ0) is 50.2. The van der Waals surface area contributed by atoms with Crippen LogP contribution in [0.3, 0.4) is 0 Å². The SMILES string of the molecule is CC[C@H]1OC(=O)[C@H](C)[C@@H](OC2C[C@@](C)(OC)[C@@H](OC(=O)c3ccccc3)[C@H](C)O2)[C@H](C)[C@@H](OC2O[C@H](C)C[C@H](N(C)C)[C@H]2OC(=O)c2ccccc2)[C@](C)(OC)C[C@@H](C)[C@H](O)[C@H](C)[C@@H](O)[C@H]1OC. The first-order chi connectivity index (χ1) is 32.1. The molecule has 3 saturated heterocycles. The van der Waals surface area contributed by atoms with Gasteiger partial charge in [-0.15, -0.1) is 0 Å². The quantitative estimate of drug-likeness (QED) is 0.170. The van der Waals surface area contributed by atoms with Gasteiger partial charge in [0.25, 0.3) is 0 Å². The molecule has 0 spiro atoms. The van der Waals surface area contributed by atoms with Crippen LogP contribution in [0.1, 0.15) is 109 Å². The third-order valence-corrected chi connectivity index (χ3v) is 14.7. The molecule has 0 aliphatic carbocycles. The Morgan fingerprint density at radius 3 is 1.81 bits per heavy atom. The van der Waals surface area contributed by atoms with Crippen molar-refractivity contribution in [3.63, 3.8) is 0 Å². The zero-order valence-electron chi connectivity index (χ0n) is 42.6. The Bertz CT molecular complexity index is 1910. The molecule has 0 amide bonds. The second-order valence-electron chi connectivity index (χ2n) is 19.9.